The molecule has 1 aromatic carbocycles. The lowest BCUT2D eigenvalue weighted by Crippen LogP contribution is -2.29. The van der Waals surface area contributed by atoms with Crippen LogP contribution in [0.4, 0.5) is 11.4 Å². The van der Waals surface area contributed by atoms with Crippen molar-refractivity contribution in [3.05, 3.63) is 23.2 Å². The van der Waals surface area contributed by atoms with E-state index in [-0.39, 0.29) is 0 Å². The molecule has 0 radical (unpaired) electrons. The predicted molar refractivity (Wildman–Crippen MR) is 70.2 cm³/mol. The van der Waals surface area contributed by atoms with E-state index in [2.05, 4.69) is 24.2 Å². The van der Waals surface area contributed by atoms with E-state index < -0.39 is 0 Å². The number of benzene rings is 1. The van der Waals surface area contributed by atoms with Crippen LogP contribution >= 0.6 is 23.8 Å². The standard InChI is InChI=1S/C11H13ClN2S/c1-7-5-11(15)13-9-4-3-8(12)6-10(9)14(7)2/h3-4,6-7H,5H2,1-2H3,(H,13,15)/t7-/m0/s1. The van der Waals surface area contributed by atoms with Crippen molar-refractivity contribution in [2.45, 2.75) is 19.4 Å². The zero-order valence-electron chi connectivity index (χ0n) is 8.75. The van der Waals surface area contributed by atoms with Gasteiger partial charge in [-0.05, 0) is 25.1 Å². The van der Waals surface area contributed by atoms with E-state index in [0.717, 1.165) is 27.8 Å². The molecule has 4 heteroatoms. The highest BCUT2D eigenvalue weighted by molar-refractivity contribution is 7.80. The Balaban J connectivity index is 2.50. The molecule has 1 heterocycles. The second-order valence-corrected chi connectivity index (χ2v) is 4.80. The van der Waals surface area contributed by atoms with Crippen LogP contribution in [-0.2, 0) is 0 Å². The zero-order valence-corrected chi connectivity index (χ0v) is 10.3. The number of halogens is 1. The fourth-order valence-electron chi connectivity index (χ4n) is 1.75. The summed E-state index contributed by atoms with van der Waals surface area (Å²) in [5.74, 6) is 0. The molecule has 2 nitrogen and oxygen atoms in total. The number of nitrogens with one attached hydrogen (secondary N) is 1. The van der Waals surface area contributed by atoms with E-state index in [4.69, 9.17) is 23.8 Å². The van der Waals surface area contributed by atoms with E-state index >= 15 is 0 Å². The van der Waals surface area contributed by atoms with Gasteiger partial charge in [-0.3, -0.25) is 0 Å². The summed E-state index contributed by atoms with van der Waals surface area (Å²) in [4.78, 5) is 3.09. The van der Waals surface area contributed by atoms with Crippen molar-refractivity contribution >= 4 is 40.2 Å². The normalized spacial score (nSPS) is 20.6. The molecule has 1 atom stereocenters. The van der Waals surface area contributed by atoms with E-state index in [1.807, 2.05) is 18.2 Å². The van der Waals surface area contributed by atoms with Crippen LogP contribution in [-0.4, -0.2) is 18.1 Å². The first-order valence-electron chi connectivity index (χ1n) is 4.90. The van der Waals surface area contributed by atoms with Gasteiger partial charge in [-0.2, -0.15) is 0 Å². The molecule has 1 aliphatic heterocycles. The van der Waals surface area contributed by atoms with Crippen molar-refractivity contribution in [1.82, 2.24) is 0 Å². The van der Waals surface area contributed by atoms with Crippen LogP contribution < -0.4 is 10.2 Å². The molecule has 1 aliphatic rings. The first-order valence-corrected chi connectivity index (χ1v) is 5.69. The minimum atomic E-state index is 0.393. The van der Waals surface area contributed by atoms with Gasteiger partial charge in [0.1, 0.15) is 0 Å². The average Bonchev–Trinajstić information content (AvgIpc) is 2.27. The number of anilines is 2. The van der Waals surface area contributed by atoms with Crippen LogP contribution in [0, 0.1) is 0 Å². The second-order valence-electron chi connectivity index (χ2n) is 3.87. The monoisotopic (exact) mass is 240 g/mol. The molecule has 0 fully saturated rings. The molecule has 0 unspecified atom stereocenters. The Morgan fingerprint density at radius 1 is 1.53 bits per heavy atom. The summed E-state index contributed by atoms with van der Waals surface area (Å²) in [5.41, 5.74) is 2.14. The lowest BCUT2D eigenvalue weighted by Gasteiger charge is -2.25. The summed E-state index contributed by atoms with van der Waals surface area (Å²) in [6.07, 6.45) is 0.873. The Morgan fingerprint density at radius 2 is 2.27 bits per heavy atom. The highest BCUT2D eigenvalue weighted by Gasteiger charge is 2.20. The molecule has 15 heavy (non-hydrogen) atoms. The topological polar surface area (TPSA) is 15.3 Å². The number of rotatable bonds is 0. The quantitative estimate of drug-likeness (QED) is 0.701. The molecule has 1 aromatic rings. The molecule has 0 aliphatic carbocycles. The maximum Gasteiger partial charge on any atom is 0.0818 e. The third kappa shape index (κ3) is 2.08. The fraction of sp³-hybridized carbons (Fsp3) is 0.364. The lowest BCUT2D eigenvalue weighted by atomic mass is 10.2. The Kier molecular flexibility index (Phi) is 2.85. The van der Waals surface area contributed by atoms with Gasteiger partial charge < -0.3 is 10.2 Å². The SMILES string of the molecule is C[C@H]1CC(=S)Nc2ccc(Cl)cc2N1C. The van der Waals surface area contributed by atoms with Gasteiger partial charge in [0.15, 0.2) is 0 Å². The lowest BCUT2D eigenvalue weighted by molar-refractivity contribution is 0.722. The summed E-state index contributed by atoms with van der Waals surface area (Å²) >= 11 is 11.3. The fourth-order valence-corrected chi connectivity index (χ4v) is 2.26. The molecule has 2 rings (SSSR count). The molecular formula is C11H13ClN2S. The predicted octanol–water partition coefficient (Wildman–Crippen LogP) is 3.31. The third-order valence-corrected chi connectivity index (χ3v) is 3.26. The number of fused-ring (bicyclic) bond motifs is 1. The van der Waals surface area contributed by atoms with Crippen LogP contribution in [0.5, 0.6) is 0 Å². The summed E-state index contributed by atoms with van der Waals surface area (Å²) in [5, 5.41) is 3.99. The van der Waals surface area contributed by atoms with Gasteiger partial charge in [0.25, 0.3) is 0 Å². The first kappa shape index (κ1) is 10.7. The maximum atomic E-state index is 5.99. The maximum absolute atomic E-state index is 5.99. The zero-order chi connectivity index (χ0) is 11.0. The van der Waals surface area contributed by atoms with Crippen LogP contribution in [0.15, 0.2) is 18.2 Å². The largest absolute Gasteiger partial charge is 0.370 e. The third-order valence-electron chi connectivity index (χ3n) is 2.76. The van der Waals surface area contributed by atoms with Crippen molar-refractivity contribution in [1.29, 1.82) is 0 Å². The molecule has 0 saturated heterocycles. The summed E-state index contributed by atoms with van der Waals surface area (Å²) in [7, 11) is 2.06. The molecule has 80 valence electrons. The minimum absolute atomic E-state index is 0.393. The first-order chi connectivity index (χ1) is 7.08. The Hall–Kier alpha value is -0.800. The highest BCUT2D eigenvalue weighted by atomic mass is 35.5. The van der Waals surface area contributed by atoms with E-state index in [9.17, 15) is 0 Å². The van der Waals surface area contributed by atoms with Crippen LogP contribution in [0.2, 0.25) is 5.02 Å². The van der Waals surface area contributed by atoms with Crippen molar-refractivity contribution in [3.63, 3.8) is 0 Å². The van der Waals surface area contributed by atoms with Gasteiger partial charge in [-0.25, -0.2) is 0 Å². The van der Waals surface area contributed by atoms with Crippen LogP contribution in [0.25, 0.3) is 0 Å². The van der Waals surface area contributed by atoms with E-state index in [1.54, 1.807) is 0 Å². The highest BCUT2D eigenvalue weighted by Crippen LogP contribution is 2.32. The van der Waals surface area contributed by atoms with Crippen molar-refractivity contribution < 1.29 is 0 Å². The van der Waals surface area contributed by atoms with Gasteiger partial charge in [-0.1, -0.05) is 23.8 Å². The molecule has 0 saturated carbocycles. The van der Waals surface area contributed by atoms with Gasteiger partial charge in [0.05, 0.1) is 16.4 Å². The smallest absolute Gasteiger partial charge is 0.0818 e. The van der Waals surface area contributed by atoms with E-state index in [0.29, 0.717) is 6.04 Å². The molecule has 1 N–H and O–H groups in total. The minimum Gasteiger partial charge on any atom is -0.370 e. The van der Waals surface area contributed by atoms with E-state index in [1.165, 1.54) is 0 Å². The van der Waals surface area contributed by atoms with Gasteiger partial charge in [-0.15, -0.1) is 0 Å². The van der Waals surface area contributed by atoms with Crippen LogP contribution in [0.1, 0.15) is 13.3 Å². The molecule has 0 aromatic heterocycles. The molecule has 0 bridgehead atoms. The summed E-state index contributed by atoms with van der Waals surface area (Å²) < 4.78 is 0. The number of hydrogen-bond donors (Lipinski definition) is 1. The average molecular weight is 241 g/mol. The summed E-state index contributed by atoms with van der Waals surface area (Å²) in [6.45, 7) is 2.16. The van der Waals surface area contributed by atoms with Gasteiger partial charge in [0.2, 0.25) is 0 Å². The van der Waals surface area contributed by atoms with Crippen LogP contribution in [0.3, 0.4) is 0 Å². The molecule has 0 spiro atoms. The van der Waals surface area contributed by atoms with Crippen molar-refractivity contribution in [2.75, 3.05) is 17.3 Å². The second kappa shape index (κ2) is 3.99. The van der Waals surface area contributed by atoms with Gasteiger partial charge >= 0.3 is 0 Å². The molecule has 0 amide bonds. The van der Waals surface area contributed by atoms with Crippen molar-refractivity contribution in [2.24, 2.45) is 0 Å². The van der Waals surface area contributed by atoms with Crippen molar-refractivity contribution in [3.8, 4) is 0 Å². The Labute approximate surface area is 100 Å². The van der Waals surface area contributed by atoms with Gasteiger partial charge in [0, 0.05) is 24.5 Å². The Morgan fingerprint density at radius 3 is 3.00 bits per heavy atom. The molecular weight excluding hydrogens is 228 g/mol. The Bertz CT molecular complexity index is 406. The number of hydrogen-bond acceptors (Lipinski definition) is 2. The number of thiocarbonyl (C=S) groups is 1. The number of nitrogens with zero attached hydrogens (tertiary/aromatic N) is 1. The summed E-state index contributed by atoms with van der Waals surface area (Å²) in [6, 6.07) is 6.21.